The van der Waals surface area contributed by atoms with Crippen LogP contribution in [0.3, 0.4) is 0 Å². The number of aliphatic imine (C=N–C) groups is 2. The third-order valence-corrected chi connectivity index (χ3v) is 18.9. The molecule has 8 aromatic heterocycles. The van der Waals surface area contributed by atoms with Crippen LogP contribution >= 0.6 is 15.9 Å². The number of anilines is 2. The molecule has 0 bridgehead atoms. The topological polar surface area (TPSA) is 317 Å². The zero-order valence-corrected chi connectivity index (χ0v) is 67.1. The molecule has 6 aliphatic heterocycles. The van der Waals surface area contributed by atoms with Crippen molar-refractivity contribution in [2.45, 2.75) is 171 Å². The number of ether oxygens (including phenoxy) is 4. The number of aromatic amines is 2. The number of hydrogen-bond acceptors (Lipinski definition) is 19. The van der Waals surface area contributed by atoms with Gasteiger partial charge in [-0.05, 0) is 61.8 Å². The van der Waals surface area contributed by atoms with Crippen LogP contribution in [0, 0.1) is 71.3 Å². The molecule has 4 fully saturated rings. The predicted molar refractivity (Wildman–Crippen MR) is 327 cm³/mol. The molecule has 4 radical (unpaired) electrons. The van der Waals surface area contributed by atoms with E-state index in [2.05, 4.69) is 183 Å². The van der Waals surface area contributed by atoms with Crippen molar-refractivity contribution in [3.8, 4) is 0 Å². The van der Waals surface area contributed by atoms with E-state index >= 15 is 0 Å². The first-order valence-electron chi connectivity index (χ1n) is 30.5. The van der Waals surface area contributed by atoms with Crippen molar-refractivity contribution in [1.82, 2.24) is 62.1 Å². The van der Waals surface area contributed by atoms with E-state index in [1.807, 2.05) is 35.5 Å². The van der Waals surface area contributed by atoms with Gasteiger partial charge in [-0.3, -0.25) is 34.1 Å². The Bertz CT molecular complexity index is 3860. The standard InChI is InChI=1S/C15H20N5O2.C15H21N5O2.C15H19N5O.C13H18N5O.C2H3BrO.4Y/c1-4-11-8(2)9(3)14(22-11)20-7-17-10-5-16-15-18-12(21)6-19(15)13(10)20;1-4-12-9(2)10(3)14(22-12)20-8-18-11-7-17-15(16)19(5-6-21)13(11)20;1-4-12-9(2)10(3)14(21-12)20-8-18-11-7-17-15-16-5-6-19(15)13(11)20;1-4-10-7(2)8(3)12(19-10)18-6-16-9-5-15-13(14)17-11(9)18;3-1-2-4;;;;/h7-9,11-12,14,21H,4,6H2,1-3H3;6,8-10,12,14,16-17H,4-5H2,1-3H3;5-6,8-10,12,14,17H,4H2,1-3H3;6-8,10,12H,4H2,1-3H3,(H2,14,15,17);2H,1H2;;;;/q-1;;;-1;;;;;. The number of hydrogen-bond donors (Lipinski definition) is 3. The summed E-state index contributed by atoms with van der Waals surface area (Å²) in [4.78, 5) is 65.7. The molecule has 484 valence electrons. The number of rotatable bonds is 11. The van der Waals surface area contributed by atoms with Crippen LogP contribution in [0.1, 0.15) is 139 Å². The summed E-state index contributed by atoms with van der Waals surface area (Å²) in [6.07, 6.45) is 28.1. The van der Waals surface area contributed by atoms with Crippen LogP contribution in [0.4, 0.5) is 11.8 Å². The van der Waals surface area contributed by atoms with Gasteiger partial charge in [0.05, 0.1) is 78.2 Å². The average Bonchev–Trinajstić information content (AvgIpc) is 1.63. The summed E-state index contributed by atoms with van der Waals surface area (Å²) in [6.45, 7) is 26.9. The molecular formula is C60H81BrN20O7Y4-2. The summed E-state index contributed by atoms with van der Waals surface area (Å²) in [7, 11) is 0. The zero-order valence-electron chi connectivity index (χ0n) is 54.2. The fourth-order valence-corrected chi connectivity index (χ4v) is 13.0. The van der Waals surface area contributed by atoms with Gasteiger partial charge in [0.25, 0.3) is 11.4 Å². The Kier molecular flexibility index (Phi) is 29.4. The third kappa shape index (κ3) is 15.7. The maximum absolute atomic E-state index is 11.0. The SMILES string of the molecule is CCC1OC(n2cnc3[c-][nH+]c(=N)n(CC=O)c32)C(C)C1C.CCC1OC(n2cnc3[c-][nH+]c4nccn4c32)C(C)C1C.CCC1OC(n2cnc3[c-]nc(N)nc32)C(C)C1C.CCC1OC(n2cnc3c2N2CC(O)N=C2N=[C-]3)C(C)C1C.O=CCBr.[Y].[Y].[Y].[Y]. The van der Waals surface area contributed by atoms with E-state index in [0.717, 1.165) is 61.0 Å². The first-order chi connectivity index (χ1) is 42.4. The molecule has 14 heterocycles. The number of carbonyl (C=O) groups is 2. The van der Waals surface area contributed by atoms with E-state index in [9.17, 15) is 9.90 Å². The van der Waals surface area contributed by atoms with Crippen molar-refractivity contribution in [2.24, 2.45) is 57.3 Å². The van der Waals surface area contributed by atoms with Crippen molar-refractivity contribution in [2.75, 3.05) is 22.5 Å². The van der Waals surface area contributed by atoms with Gasteiger partial charge >= 0.3 is 0 Å². The Morgan fingerprint density at radius 3 is 1.63 bits per heavy atom. The van der Waals surface area contributed by atoms with Crippen molar-refractivity contribution in [1.29, 1.82) is 5.41 Å². The molecule has 92 heavy (non-hydrogen) atoms. The first kappa shape index (κ1) is 78.2. The van der Waals surface area contributed by atoms with Crippen LogP contribution in [-0.2, 0) is 166 Å². The van der Waals surface area contributed by atoms with E-state index in [1.165, 1.54) is 0 Å². The third-order valence-electron chi connectivity index (χ3n) is 18.7. The van der Waals surface area contributed by atoms with Gasteiger partial charge in [0.2, 0.25) is 0 Å². The fraction of sp³-hybridized carbons (Fsp3) is 0.600. The number of aromatic nitrogens is 15. The Morgan fingerprint density at radius 1 is 0.652 bits per heavy atom. The monoisotopic (exact) mass is 1630 g/mol. The minimum Gasteiger partial charge on any atom is -0.420 e. The molecule has 0 spiro atoms. The summed E-state index contributed by atoms with van der Waals surface area (Å²) in [6, 6.07) is 0. The number of guanidine groups is 1. The van der Waals surface area contributed by atoms with E-state index in [-0.39, 0.29) is 192 Å². The molecular weight excluding hydrogens is 1550 g/mol. The summed E-state index contributed by atoms with van der Waals surface area (Å²) in [5.74, 6) is 5.86. The summed E-state index contributed by atoms with van der Waals surface area (Å²) < 4.78 is 36.5. The number of aliphatic hydroxyl groups excluding tert-OH is 1. The maximum atomic E-state index is 11.0. The van der Waals surface area contributed by atoms with Gasteiger partial charge in [0.15, 0.2) is 12.5 Å². The molecule has 17 unspecified atom stereocenters. The molecule has 8 aromatic rings. The molecule has 14 rings (SSSR count). The molecule has 4 saturated heterocycles. The Hall–Kier alpha value is -2.82. The second-order valence-corrected chi connectivity index (χ2v) is 24.2. The van der Waals surface area contributed by atoms with E-state index in [4.69, 9.17) is 34.9 Å². The molecule has 0 saturated carbocycles. The maximum Gasteiger partial charge on any atom is 0.292 e. The molecule has 0 amide bonds. The summed E-state index contributed by atoms with van der Waals surface area (Å²) >= 11 is 2.88. The average molecular weight is 1630 g/mol. The number of nitrogens with one attached hydrogen (secondary N) is 3. The number of nitrogens with two attached hydrogens (primary N) is 1. The van der Waals surface area contributed by atoms with Crippen LogP contribution < -0.4 is 26.2 Å². The van der Waals surface area contributed by atoms with Gasteiger partial charge in [-0.15, -0.1) is 4.98 Å². The second kappa shape index (κ2) is 34.6. The van der Waals surface area contributed by atoms with Crippen LogP contribution in [0.15, 0.2) is 47.7 Å². The number of nitrogen functional groups attached to an aromatic ring is 1. The smallest absolute Gasteiger partial charge is 0.292 e. The van der Waals surface area contributed by atoms with Crippen molar-refractivity contribution in [3.05, 3.63) is 67.6 Å². The second-order valence-electron chi connectivity index (χ2n) is 23.6. The number of fused-ring (bicyclic) bond motifs is 8. The minimum atomic E-state index is -0.751. The number of aldehydes is 2. The fourth-order valence-electron chi connectivity index (χ4n) is 13.0. The van der Waals surface area contributed by atoms with Crippen LogP contribution in [0.25, 0.3) is 39.3 Å². The molecule has 6 aliphatic rings. The van der Waals surface area contributed by atoms with E-state index in [1.54, 1.807) is 29.7 Å². The van der Waals surface area contributed by atoms with Crippen LogP contribution in [0.2, 0.25) is 0 Å². The zero-order chi connectivity index (χ0) is 62.8. The van der Waals surface area contributed by atoms with Gasteiger partial charge in [0, 0.05) is 202 Å². The number of aliphatic hydroxyl groups is 1. The summed E-state index contributed by atoms with van der Waals surface area (Å²) in [5, 5.41) is 18.2. The number of carbonyl (C=O) groups excluding carboxylic acids is 2. The van der Waals surface area contributed by atoms with Crippen LogP contribution in [-0.4, -0.2) is 134 Å². The number of alkyl halides is 1. The van der Waals surface area contributed by atoms with Gasteiger partial charge < -0.3 is 87.2 Å². The van der Waals surface area contributed by atoms with E-state index < -0.39 is 6.23 Å². The Labute approximate surface area is 644 Å². The van der Waals surface area contributed by atoms with Gasteiger partial charge in [-0.2, -0.15) is 5.41 Å². The summed E-state index contributed by atoms with van der Waals surface area (Å²) in [5.41, 5.74) is 10.8. The number of nitrogens with zero attached hydrogens (tertiary/aromatic N) is 16. The van der Waals surface area contributed by atoms with Gasteiger partial charge in [-0.25, -0.2) is 0 Å². The molecule has 27 nitrogen and oxygen atoms in total. The molecule has 6 N–H and O–H groups in total. The minimum absolute atomic E-state index is 0. The number of H-pyrrole nitrogens is 2. The van der Waals surface area contributed by atoms with Crippen LogP contribution in [0.5, 0.6) is 0 Å². The molecule has 32 heteroatoms. The van der Waals surface area contributed by atoms with Crippen molar-refractivity contribution in [3.63, 3.8) is 0 Å². The Morgan fingerprint density at radius 2 is 1.12 bits per heavy atom. The first-order valence-corrected chi connectivity index (χ1v) is 31.6. The number of halogens is 1. The Balaban J connectivity index is 0.000000188. The molecule has 0 aromatic carbocycles. The van der Waals surface area contributed by atoms with Crippen molar-refractivity contribution >= 4 is 91.7 Å². The van der Waals surface area contributed by atoms with Crippen molar-refractivity contribution < 1.29 is 174 Å². The largest absolute Gasteiger partial charge is 0.420 e. The quantitative estimate of drug-likeness (QED) is 0.0736. The molecule has 0 aliphatic carbocycles. The number of imidazole rings is 5. The van der Waals surface area contributed by atoms with E-state index in [0.29, 0.717) is 99.3 Å². The normalized spacial score (nSPS) is 29.0. The van der Waals surface area contributed by atoms with Gasteiger partial charge in [0.1, 0.15) is 55.8 Å². The van der Waals surface area contributed by atoms with Gasteiger partial charge in [-0.1, -0.05) is 99.0 Å². The molecule has 17 atom stereocenters. The predicted octanol–water partition coefficient (Wildman–Crippen LogP) is 6.21.